The fourth-order valence-electron chi connectivity index (χ4n) is 2.78. The second-order valence-corrected chi connectivity index (χ2v) is 6.75. The molecule has 0 aliphatic carbocycles. The highest BCUT2D eigenvalue weighted by molar-refractivity contribution is 6.30. The average Bonchev–Trinajstić information content (AvgIpc) is 2.99. The first-order valence-electron chi connectivity index (χ1n) is 9.24. The van der Waals surface area contributed by atoms with Crippen molar-refractivity contribution in [1.82, 2.24) is 9.97 Å². The van der Waals surface area contributed by atoms with E-state index in [1.165, 1.54) is 0 Å². The summed E-state index contributed by atoms with van der Waals surface area (Å²) in [5.41, 5.74) is 1.32. The van der Waals surface area contributed by atoms with Crippen molar-refractivity contribution in [2.75, 3.05) is 6.61 Å². The maximum absolute atomic E-state index is 11.9. The van der Waals surface area contributed by atoms with Crippen molar-refractivity contribution in [3.05, 3.63) is 46.5 Å². The van der Waals surface area contributed by atoms with Gasteiger partial charge in [-0.15, -0.1) is 0 Å². The minimum atomic E-state index is -0.930. The Morgan fingerprint density at radius 1 is 1.27 bits per heavy atom. The maximum atomic E-state index is 11.9. The Kier molecular flexibility index (Phi) is 7.98. The average molecular weight is 379 g/mol. The molecule has 1 aromatic heterocycles. The summed E-state index contributed by atoms with van der Waals surface area (Å²) in [6.07, 6.45) is 5.09. The minimum Gasteiger partial charge on any atom is -0.493 e. The van der Waals surface area contributed by atoms with Gasteiger partial charge in [-0.2, -0.15) is 0 Å². The first kappa shape index (κ1) is 20.3. The number of aromatic amines is 1. The Balaban J connectivity index is 2.22. The standard InChI is InChI=1S/C20H27ClN2O3/c1-3-5-11-17-22-18(19(21)23-17)15(20(24)25)13-14-9-7-8-10-16(14)26-12-6-4-2/h7-10,15H,3-6,11-13H2,1-2H3,(H,22,23)(H,24,25). The number of ether oxygens (including phenoxy) is 1. The molecule has 1 aromatic carbocycles. The van der Waals surface area contributed by atoms with Gasteiger partial charge in [0.25, 0.3) is 0 Å². The molecule has 2 N–H and O–H groups in total. The van der Waals surface area contributed by atoms with E-state index in [1.807, 2.05) is 24.3 Å². The van der Waals surface area contributed by atoms with Gasteiger partial charge in [-0.3, -0.25) is 4.79 Å². The van der Waals surface area contributed by atoms with E-state index in [9.17, 15) is 9.90 Å². The summed E-state index contributed by atoms with van der Waals surface area (Å²) in [5.74, 6) is -0.248. The highest BCUT2D eigenvalue weighted by atomic mass is 35.5. The zero-order valence-corrected chi connectivity index (χ0v) is 16.2. The fraction of sp³-hybridized carbons (Fsp3) is 0.500. The normalized spacial score (nSPS) is 12.1. The van der Waals surface area contributed by atoms with Crippen LogP contribution in [0.3, 0.4) is 0 Å². The van der Waals surface area contributed by atoms with Crippen molar-refractivity contribution >= 4 is 17.6 Å². The lowest BCUT2D eigenvalue weighted by molar-refractivity contribution is -0.138. The molecule has 0 aliphatic heterocycles. The Hall–Kier alpha value is -2.01. The van der Waals surface area contributed by atoms with Gasteiger partial charge in [-0.05, 0) is 30.9 Å². The number of para-hydroxylation sites is 1. The molecule has 0 fully saturated rings. The summed E-state index contributed by atoms with van der Waals surface area (Å²) < 4.78 is 5.83. The van der Waals surface area contributed by atoms with Crippen LogP contribution in [0.2, 0.25) is 5.15 Å². The van der Waals surface area contributed by atoms with Crippen molar-refractivity contribution < 1.29 is 14.6 Å². The Bertz CT molecular complexity index is 715. The van der Waals surface area contributed by atoms with E-state index in [-0.39, 0.29) is 5.15 Å². The van der Waals surface area contributed by atoms with Crippen LogP contribution in [0.4, 0.5) is 0 Å². The number of aromatic nitrogens is 2. The van der Waals surface area contributed by atoms with E-state index < -0.39 is 11.9 Å². The van der Waals surface area contributed by atoms with Crippen LogP contribution in [0.1, 0.15) is 62.5 Å². The van der Waals surface area contributed by atoms with E-state index in [0.29, 0.717) is 18.7 Å². The van der Waals surface area contributed by atoms with Gasteiger partial charge in [0.1, 0.15) is 17.5 Å². The molecule has 6 heteroatoms. The zero-order chi connectivity index (χ0) is 18.9. The van der Waals surface area contributed by atoms with Crippen LogP contribution < -0.4 is 4.74 Å². The van der Waals surface area contributed by atoms with Crippen molar-refractivity contribution in [2.45, 2.75) is 58.3 Å². The number of nitrogens with one attached hydrogen (secondary N) is 1. The predicted octanol–water partition coefficient (Wildman–Crippen LogP) is 5.00. The number of rotatable bonds is 11. The number of aliphatic carboxylic acids is 1. The van der Waals surface area contributed by atoms with Gasteiger partial charge in [-0.1, -0.05) is 56.5 Å². The monoisotopic (exact) mass is 378 g/mol. The van der Waals surface area contributed by atoms with Crippen LogP contribution >= 0.6 is 11.6 Å². The molecule has 2 rings (SSSR count). The van der Waals surface area contributed by atoms with Crippen molar-refractivity contribution in [3.8, 4) is 5.75 Å². The van der Waals surface area contributed by atoms with Crippen LogP contribution in [0.15, 0.2) is 24.3 Å². The van der Waals surface area contributed by atoms with Crippen LogP contribution in [-0.2, 0) is 17.6 Å². The number of aryl methyl sites for hydroxylation is 1. The molecular weight excluding hydrogens is 352 g/mol. The highest BCUT2D eigenvalue weighted by Gasteiger charge is 2.27. The summed E-state index contributed by atoms with van der Waals surface area (Å²) >= 11 is 6.23. The number of halogens is 1. The lowest BCUT2D eigenvalue weighted by Gasteiger charge is -2.15. The number of carboxylic acid groups (broad SMARTS) is 1. The van der Waals surface area contributed by atoms with Gasteiger partial charge in [0, 0.05) is 6.42 Å². The summed E-state index contributed by atoms with van der Waals surface area (Å²) in [6.45, 7) is 4.82. The van der Waals surface area contributed by atoms with Crippen molar-refractivity contribution in [2.24, 2.45) is 0 Å². The number of hydrogen-bond acceptors (Lipinski definition) is 3. The first-order chi connectivity index (χ1) is 12.6. The lowest BCUT2D eigenvalue weighted by Crippen LogP contribution is -2.16. The molecule has 5 nitrogen and oxygen atoms in total. The van der Waals surface area contributed by atoms with Crippen molar-refractivity contribution in [1.29, 1.82) is 0 Å². The number of unbranched alkanes of at least 4 members (excludes halogenated alkanes) is 2. The summed E-state index contributed by atoms with van der Waals surface area (Å²) in [5, 5.41) is 10.00. The Labute approximate surface area is 159 Å². The molecule has 1 unspecified atom stereocenters. The molecule has 0 bridgehead atoms. The molecule has 1 atom stereocenters. The number of hydrogen-bond donors (Lipinski definition) is 2. The van der Waals surface area contributed by atoms with E-state index in [2.05, 4.69) is 23.8 Å². The van der Waals surface area contributed by atoms with E-state index in [0.717, 1.165) is 49.2 Å². The fourth-order valence-corrected chi connectivity index (χ4v) is 3.06. The predicted molar refractivity (Wildman–Crippen MR) is 103 cm³/mol. The molecule has 1 heterocycles. The third kappa shape index (κ3) is 5.49. The van der Waals surface area contributed by atoms with E-state index >= 15 is 0 Å². The Morgan fingerprint density at radius 2 is 2.00 bits per heavy atom. The van der Waals surface area contributed by atoms with Gasteiger partial charge in [0.15, 0.2) is 5.15 Å². The number of nitrogens with zero attached hydrogens (tertiary/aromatic N) is 1. The maximum Gasteiger partial charge on any atom is 0.312 e. The highest BCUT2D eigenvalue weighted by Crippen LogP contribution is 2.30. The van der Waals surface area contributed by atoms with E-state index in [4.69, 9.17) is 16.3 Å². The Morgan fingerprint density at radius 3 is 2.69 bits per heavy atom. The molecule has 0 radical (unpaired) electrons. The third-order valence-corrected chi connectivity index (χ3v) is 4.59. The SMILES string of the molecule is CCCCOc1ccccc1CC(C(=O)O)c1[nH]c(CCCC)nc1Cl. The molecule has 0 aliphatic rings. The van der Waals surface area contributed by atoms with E-state index in [1.54, 1.807) is 0 Å². The molecule has 26 heavy (non-hydrogen) atoms. The summed E-state index contributed by atoms with van der Waals surface area (Å²) in [4.78, 5) is 19.3. The molecule has 0 spiro atoms. The molecular formula is C20H27ClN2O3. The van der Waals surface area contributed by atoms with Crippen LogP contribution in [-0.4, -0.2) is 27.7 Å². The zero-order valence-electron chi connectivity index (χ0n) is 15.4. The van der Waals surface area contributed by atoms with Crippen LogP contribution in [0.25, 0.3) is 0 Å². The first-order valence-corrected chi connectivity index (χ1v) is 9.62. The van der Waals surface area contributed by atoms with Gasteiger partial charge >= 0.3 is 5.97 Å². The van der Waals surface area contributed by atoms with Gasteiger partial charge in [0.2, 0.25) is 0 Å². The number of carboxylic acids is 1. The summed E-state index contributed by atoms with van der Waals surface area (Å²) in [6, 6.07) is 7.57. The molecule has 142 valence electrons. The topological polar surface area (TPSA) is 75.2 Å². The van der Waals surface area contributed by atoms with Gasteiger partial charge in [-0.25, -0.2) is 4.98 Å². The number of H-pyrrole nitrogens is 1. The number of carbonyl (C=O) groups is 1. The second kappa shape index (κ2) is 10.2. The van der Waals surface area contributed by atoms with Crippen LogP contribution in [0, 0.1) is 0 Å². The van der Waals surface area contributed by atoms with Crippen molar-refractivity contribution in [3.63, 3.8) is 0 Å². The lowest BCUT2D eigenvalue weighted by atomic mass is 9.96. The van der Waals surface area contributed by atoms with Gasteiger partial charge < -0.3 is 14.8 Å². The van der Waals surface area contributed by atoms with Crippen LogP contribution in [0.5, 0.6) is 5.75 Å². The second-order valence-electron chi connectivity index (χ2n) is 6.40. The van der Waals surface area contributed by atoms with Gasteiger partial charge in [0.05, 0.1) is 12.3 Å². The largest absolute Gasteiger partial charge is 0.493 e. The number of benzene rings is 1. The summed E-state index contributed by atoms with van der Waals surface area (Å²) in [7, 11) is 0. The molecule has 0 amide bonds. The third-order valence-electron chi connectivity index (χ3n) is 4.30. The molecule has 2 aromatic rings. The molecule has 0 saturated heterocycles. The smallest absolute Gasteiger partial charge is 0.312 e. The number of imidazole rings is 1. The minimum absolute atomic E-state index is 0.243. The molecule has 0 saturated carbocycles. The quantitative estimate of drug-likeness (QED) is 0.540.